The van der Waals surface area contributed by atoms with Gasteiger partial charge in [-0.15, -0.1) is 10.2 Å². The lowest BCUT2D eigenvalue weighted by Gasteiger charge is -2.17. The molecule has 0 radical (unpaired) electrons. The summed E-state index contributed by atoms with van der Waals surface area (Å²) in [7, 11) is 3.77. The minimum absolute atomic E-state index is 0.579. The van der Waals surface area contributed by atoms with Gasteiger partial charge in [-0.1, -0.05) is 0 Å². The first-order chi connectivity index (χ1) is 11.1. The van der Waals surface area contributed by atoms with E-state index < -0.39 is 0 Å². The fraction of sp³-hybridized carbons (Fsp3) is 0.429. The Hall–Kier alpha value is -2.84. The second-order valence-corrected chi connectivity index (χ2v) is 5.30. The third-order valence-corrected chi connectivity index (χ3v) is 3.64. The summed E-state index contributed by atoms with van der Waals surface area (Å²) in [5, 5.41) is 12.2. The molecule has 0 saturated carbocycles. The van der Waals surface area contributed by atoms with Crippen molar-refractivity contribution in [3.8, 4) is 11.5 Å². The molecule has 3 heterocycles. The number of nitrogens with zero attached hydrogens (tertiary/aromatic N) is 9. The summed E-state index contributed by atoms with van der Waals surface area (Å²) in [5.41, 5.74) is 1.73. The molecule has 0 saturated heterocycles. The summed E-state index contributed by atoms with van der Waals surface area (Å²) < 4.78 is 3.70. The zero-order valence-electron chi connectivity index (χ0n) is 13.7. The maximum atomic E-state index is 4.65. The summed E-state index contributed by atoms with van der Waals surface area (Å²) >= 11 is 0. The Morgan fingerprint density at radius 2 is 2.09 bits per heavy atom. The van der Waals surface area contributed by atoms with Gasteiger partial charge in [0.1, 0.15) is 18.3 Å². The second-order valence-electron chi connectivity index (χ2n) is 5.30. The van der Waals surface area contributed by atoms with Crippen LogP contribution in [-0.4, -0.2) is 46.5 Å². The first-order valence-corrected chi connectivity index (χ1v) is 7.36. The van der Waals surface area contributed by atoms with E-state index in [0.717, 1.165) is 29.5 Å². The maximum absolute atomic E-state index is 4.65. The Bertz CT molecular complexity index is 804. The van der Waals surface area contributed by atoms with Crippen molar-refractivity contribution in [1.82, 2.24) is 39.5 Å². The average molecular weight is 313 g/mol. The van der Waals surface area contributed by atoms with Crippen LogP contribution in [0.3, 0.4) is 0 Å². The number of aryl methyl sites for hydroxylation is 3. The Balaban J connectivity index is 1.90. The molecule has 0 amide bonds. The molecule has 9 nitrogen and oxygen atoms in total. The first kappa shape index (κ1) is 15.1. The van der Waals surface area contributed by atoms with E-state index in [9.17, 15) is 0 Å². The highest BCUT2D eigenvalue weighted by Gasteiger charge is 2.15. The molecule has 0 N–H and O–H groups in total. The monoisotopic (exact) mass is 313 g/mol. The smallest absolute Gasteiger partial charge is 0.226 e. The van der Waals surface area contributed by atoms with Crippen molar-refractivity contribution in [2.45, 2.75) is 26.9 Å². The van der Waals surface area contributed by atoms with E-state index in [0.29, 0.717) is 12.5 Å². The molecule has 0 spiro atoms. The number of rotatable bonds is 5. The van der Waals surface area contributed by atoms with E-state index in [-0.39, 0.29) is 0 Å². The SMILES string of the molecule is CCn1cnnc1CN(C)c1ncc(C)c(-c2ncnn2C)n1. The Kier molecular flexibility index (Phi) is 4.00. The Morgan fingerprint density at radius 1 is 1.26 bits per heavy atom. The van der Waals surface area contributed by atoms with Gasteiger partial charge in [0.25, 0.3) is 0 Å². The van der Waals surface area contributed by atoms with Crippen LogP contribution in [0.5, 0.6) is 0 Å². The van der Waals surface area contributed by atoms with Crippen molar-refractivity contribution in [2.24, 2.45) is 7.05 Å². The predicted octanol–water partition coefficient (Wildman–Crippen LogP) is 0.828. The molecule has 0 atom stereocenters. The Morgan fingerprint density at radius 3 is 2.78 bits per heavy atom. The van der Waals surface area contributed by atoms with Gasteiger partial charge in [0.05, 0.1) is 6.54 Å². The molecular formula is C14H19N9. The molecule has 0 aliphatic rings. The van der Waals surface area contributed by atoms with E-state index >= 15 is 0 Å². The summed E-state index contributed by atoms with van der Waals surface area (Å²) in [4.78, 5) is 15.3. The third kappa shape index (κ3) is 2.89. The summed E-state index contributed by atoms with van der Waals surface area (Å²) in [6.07, 6.45) is 5.04. The third-order valence-electron chi connectivity index (χ3n) is 3.64. The van der Waals surface area contributed by atoms with Crippen molar-refractivity contribution in [2.75, 3.05) is 11.9 Å². The Labute approximate surface area is 134 Å². The minimum atomic E-state index is 0.579. The molecule has 0 aliphatic carbocycles. The molecule has 23 heavy (non-hydrogen) atoms. The highest BCUT2D eigenvalue weighted by molar-refractivity contribution is 5.56. The van der Waals surface area contributed by atoms with Gasteiger partial charge in [0, 0.05) is 26.8 Å². The standard InChI is InChI=1S/C14H19N9/c1-5-23-9-17-20-11(23)7-21(3)14-15-6-10(2)12(19-14)13-16-8-18-22(13)4/h6,8-9H,5,7H2,1-4H3. The summed E-state index contributed by atoms with van der Waals surface area (Å²) in [5.74, 6) is 2.20. The normalized spacial score (nSPS) is 11.0. The van der Waals surface area contributed by atoms with Crippen LogP contribution in [0.15, 0.2) is 18.9 Å². The van der Waals surface area contributed by atoms with Gasteiger partial charge in [-0.2, -0.15) is 5.10 Å². The molecule has 0 fully saturated rings. The van der Waals surface area contributed by atoms with Crippen molar-refractivity contribution in [3.05, 3.63) is 30.2 Å². The zero-order valence-corrected chi connectivity index (χ0v) is 13.7. The number of aromatic nitrogens is 8. The van der Waals surface area contributed by atoms with Crippen LogP contribution < -0.4 is 4.90 Å². The highest BCUT2D eigenvalue weighted by Crippen LogP contribution is 2.20. The fourth-order valence-electron chi connectivity index (χ4n) is 2.30. The molecule has 0 unspecified atom stereocenters. The van der Waals surface area contributed by atoms with Gasteiger partial charge in [-0.05, 0) is 19.4 Å². The van der Waals surface area contributed by atoms with Crippen molar-refractivity contribution in [1.29, 1.82) is 0 Å². The van der Waals surface area contributed by atoms with Gasteiger partial charge in [0.15, 0.2) is 11.6 Å². The van der Waals surface area contributed by atoms with Crippen LogP contribution in [0.25, 0.3) is 11.5 Å². The molecule has 3 aromatic rings. The summed E-state index contributed by atoms with van der Waals surface area (Å²) in [6.45, 7) is 5.42. The molecule has 0 bridgehead atoms. The summed E-state index contributed by atoms with van der Waals surface area (Å²) in [6, 6.07) is 0. The molecule has 0 aromatic carbocycles. The lowest BCUT2D eigenvalue weighted by molar-refractivity contribution is 0.679. The van der Waals surface area contributed by atoms with Crippen LogP contribution in [0, 0.1) is 6.92 Å². The number of hydrogen-bond donors (Lipinski definition) is 0. The van der Waals surface area contributed by atoms with Gasteiger partial charge in [-0.3, -0.25) is 0 Å². The van der Waals surface area contributed by atoms with Crippen LogP contribution in [0.2, 0.25) is 0 Å². The van der Waals surface area contributed by atoms with E-state index in [1.807, 2.05) is 30.5 Å². The van der Waals surface area contributed by atoms with Gasteiger partial charge < -0.3 is 9.47 Å². The predicted molar refractivity (Wildman–Crippen MR) is 84.6 cm³/mol. The minimum Gasteiger partial charge on any atom is -0.336 e. The van der Waals surface area contributed by atoms with Crippen LogP contribution in [0.4, 0.5) is 5.95 Å². The molecule has 120 valence electrons. The lowest BCUT2D eigenvalue weighted by atomic mass is 10.2. The zero-order chi connectivity index (χ0) is 16.4. The van der Waals surface area contributed by atoms with Crippen LogP contribution in [0.1, 0.15) is 18.3 Å². The van der Waals surface area contributed by atoms with Crippen LogP contribution >= 0.6 is 0 Å². The quantitative estimate of drug-likeness (QED) is 0.689. The van der Waals surface area contributed by atoms with Gasteiger partial charge >= 0.3 is 0 Å². The largest absolute Gasteiger partial charge is 0.336 e. The number of anilines is 1. The van der Waals surface area contributed by atoms with E-state index in [4.69, 9.17) is 0 Å². The molecule has 3 aromatic heterocycles. The molecular weight excluding hydrogens is 294 g/mol. The molecule has 3 rings (SSSR count). The van der Waals surface area contributed by atoms with Crippen molar-refractivity contribution in [3.63, 3.8) is 0 Å². The highest BCUT2D eigenvalue weighted by atomic mass is 15.3. The van der Waals surface area contributed by atoms with E-state index in [2.05, 4.69) is 37.2 Å². The first-order valence-electron chi connectivity index (χ1n) is 7.36. The maximum Gasteiger partial charge on any atom is 0.226 e. The van der Waals surface area contributed by atoms with Crippen molar-refractivity contribution >= 4 is 5.95 Å². The number of hydrogen-bond acceptors (Lipinski definition) is 7. The van der Waals surface area contributed by atoms with E-state index in [1.165, 1.54) is 6.33 Å². The van der Waals surface area contributed by atoms with Gasteiger partial charge in [0.2, 0.25) is 5.95 Å². The van der Waals surface area contributed by atoms with Gasteiger partial charge in [-0.25, -0.2) is 19.6 Å². The second kappa shape index (κ2) is 6.11. The van der Waals surface area contributed by atoms with E-state index in [1.54, 1.807) is 17.2 Å². The van der Waals surface area contributed by atoms with Crippen LogP contribution in [-0.2, 0) is 20.1 Å². The molecule has 9 heteroatoms. The lowest BCUT2D eigenvalue weighted by Crippen LogP contribution is -2.22. The average Bonchev–Trinajstić information content (AvgIpc) is 3.16. The topological polar surface area (TPSA) is 90.4 Å². The molecule has 0 aliphatic heterocycles. The van der Waals surface area contributed by atoms with Crippen molar-refractivity contribution < 1.29 is 0 Å². The fourth-order valence-corrected chi connectivity index (χ4v) is 2.30.